The van der Waals surface area contributed by atoms with E-state index < -0.39 is 5.60 Å². The van der Waals surface area contributed by atoms with E-state index in [1.807, 2.05) is 6.08 Å². The van der Waals surface area contributed by atoms with Crippen LogP contribution in [0.2, 0.25) is 0 Å². The fraction of sp³-hybridized carbons (Fsp3) is 0.750. The van der Waals surface area contributed by atoms with Crippen molar-refractivity contribution in [3.8, 4) is 0 Å². The van der Waals surface area contributed by atoms with E-state index >= 15 is 0 Å². The van der Waals surface area contributed by atoms with Crippen molar-refractivity contribution in [3.05, 3.63) is 12.2 Å². The van der Waals surface area contributed by atoms with E-state index in [1.54, 1.807) is 6.08 Å². The Hall–Kier alpha value is -0.630. The maximum Gasteiger partial charge on any atom is 0.186 e. The summed E-state index contributed by atoms with van der Waals surface area (Å²) in [6.07, 6.45) is 9.78. The summed E-state index contributed by atoms with van der Waals surface area (Å²) >= 11 is 0. The van der Waals surface area contributed by atoms with Crippen LogP contribution in [0.3, 0.4) is 0 Å². The van der Waals surface area contributed by atoms with Gasteiger partial charge in [0.05, 0.1) is 0 Å². The third-order valence-corrected chi connectivity index (χ3v) is 2.86. The van der Waals surface area contributed by atoms with Crippen LogP contribution in [0.25, 0.3) is 0 Å². The first-order valence-electron chi connectivity index (χ1n) is 5.62. The summed E-state index contributed by atoms with van der Waals surface area (Å²) in [5.41, 5.74) is -1.04. The predicted molar refractivity (Wildman–Crippen MR) is 57.1 cm³/mol. The highest BCUT2D eigenvalue weighted by Gasteiger charge is 2.34. The van der Waals surface area contributed by atoms with Gasteiger partial charge in [0.2, 0.25) is 0 Å². The van der Waals surface area contributed by atoms with Gasteiger partial charge in [-0.2, -0.15) is 0 Å². The van der Waals surface area contributed by atoms with Crippen LogP contribution >= 0.6 is 0 Å². The minimum atomic E-state index is -1.04. The fourth-order valence-corrected chi connectivity index (χ4v) is 1.90. The Morgan fingerprint density at radius 2 is 2.00 bits per heavy atom. The molecule has 0 aromatic heterocycles. The van der Waals surface area contributed by atoms with E-state index in [0.29, 0.717) is 12.8 Å². The number of hydrogen-bond donors (Lipinski definition) is 1. The largest absolute Gasteiger partial charge is 0.382 e. The van der Waals surface area contributed by atoms with Crippen molar-refractivity contribution in [1.82, 2.24) is 0 Å². The lowest BCUT2D eigenvalue weighted by Gasteiger charge is -2.29. The number of carbonyl (C=O) groups is 1. The third-order valence-electron chi connectivity index (χ3n) is 2.86. The molecule has 0 aromatic rings. The third kappa shape index (κ3) is 2.95. The molecular formula is C12H20O2. The number of aliphatic hydroxyl groups is 1. The number of allylic oxidation sites excluding steroid dienone is 1. The van der Waals surface area contributed by atoms with Crippen molar-refractivity contribution < 1.29 is 9.90 Å². The van der Waals surface area contributed by atoms with Crippen LogP contribution in [0.1, 0.15) is 51.9 Å². The number of hydrogen-bond acceptors (Lipinski definition) is 2. The van der Waals surface area contributed by atoms with Crippen LogP contribution in [0.15, 0.2) is 12.2 Å². The Kier molecular flexibility index (Phi) is 4.33. The van der Waals surface area contributed by atoms with Crippen LogP contribution in [-0.2, 0) is 4.79 Å². The van der Waals surface area contributed by atoms with E-state index in [-0.39, 0.29) is 5.78 Å². The Balaban J connectivity index is 2.48. The van der Waals surface area contributed by atoms with Gasteiger partial charge in [0, 0.05) is 0 Å². The highest BCUT2D eigenvalue weighted by molar-refractivity contribution is 5.96. The Bertz CT molecular complexity index is 212. The summed E-state index contributed by atoms with van der Waals surface area (Å²) in [6.45, 7) is 2.07. The minimum absolute atomic E-state index is 0.0920. The highest BCUT2D eigenvalue weighted by atomic mass is 16.3. The topological polar surface area (TPSA) is 37.3 Å². The van der Waals surface area contributed by atoms with Crippen molar-refractivity contribution in [3.63, 3.8) is 0 Å². The molecule has 1 aliphatic carbocycles. The number of unbranched alkanes of at least 4 members (excludes halogenated alkanes) is 1. The van der Waals surface area contributed by atoms with Crippen molar-refractivity contribution in [2.75, 3.05) is 0 Å². The van der Waals surface area contributed by atoms with Crippen LogP contribution in [0, 0.1) is 0 Å². The second kappa shape index (κ2) is 5.30. The van der Waals surface area contributed by atoms with Crippen LogP contribution in [0.5, 0.6) is 0 Å². The maximum atomic E-state index is 11.7. The first-order chi connectivity index (χ1) is 6.69. The van der Waals surface area contributed by atoms with Crippen molar-refractivity contribution >= 4 is 5.78 Å². The second-order valence-corrected chi connectivity index (χ2v) is 4.15. The SMILES string of the molecule is CCCC=CC(=O)C1(O)CCCCC1. The summed E-state index contributed by atoms with van der Waals surface area (Å²) in [6, 6.07) is 0. The fourth-order valence-electron chi connectivity index (χ4n) is 1.90. The maximum absolute atomic E-state index is 11.7. The summed E-state index contributed by atoms with van der Waals surface area (Å²) in [4.78, 5) is 11.7. The van der Waals surface area contributed by atoms with Gasteiger partial charge in [-0.05, 0) is 25.3 Å². The Labute approximate surface area is 86.0 Å². The lowest BCUT2D eigenvalue weighted by Crippen LogP contribution is -2.39. The zero-order chi connectivity index (χ0) is 10.4. The first kappa shape index (κ1) is 11.4. The Morgan fingerprint density at radius 1 is 1.36 bits per heavy atom. The van der Waals surface area contributed by atoms with Gasteiger partial charge < -0.3 is 5.11 Å². The molecule has 0 spiro atoms. The molecule has 0 aromatic carbocycles. The lowest BCUT2D eigenvalue weighted by atomic mass is 9.81. The molecule has 1 saturated carbocycles. The van der Waals surface area contributed by atoms with Crippen LogP contribution in [-0.4, -0.2) is 16.5 Å². The summed E-state index contributed by atoms with van der Waals surface area (Å²) in [5, 5.41) is 10.0. The summed E-state index contributed by atoms with van der Waals surface area (Å²) in [5.74, 6) is -0.0920. The molecule has 1 fully saturated rings. The molecule has 0 unspecified atom stereocenters. The van der Waals surface area contributed by atoms with Gasteiger partial charge in [0.1, 0.15) is 5.60 Å². The highest BCUT2D eigenvalue weighted by Crippen LogP contribution is 2.29. The van der Waals surface area contributed by atoms with Gasteiger partial charge in [-0.1, -0.05) is 38.7 Å². The van der Waals surface area contributed by atoms with Crippen molar-refractivity contribution in [2.45, 2.75) is 57.5 Å². The van der Waals surface area contributed by atoms with E-state index in [4.69, 9.17) is 0 Å². The normalized spacial score (nSPS) is 21.3. The van der Waals surface area contributed by atoms with Gasteiger partial charge in [-0.3, -0.25) is 4.79 Å². The molecule has 14 heavy (non-hydrogen) atoms. The molecule has 0 aliphatic heterocycles. The zero-order valence-electron chi connectivity index (χ0n) is 8.96. The monoisotopic (exact) mass is 196 g/mol. The van der Waals surface area contributed by atoms with Crippen LogP contribution < -0.4 is 0 Å². The minimum Gasteiger partial charge on any atom is -0.382 e. The average Bonchev–Trinajstić information content (AvgIpc) is 2.19. The van der Waals surface area contributed by atoms with Crippen LogP contribution in [0.4, 0.5) is 0 Å². The van der Waals surface area contributed by atoms with Crippen molar-refractivity contribution in [2.24, 2.45) is 0 Å². The van der Waals surface area contributed by atoms with E-state index in [9.17, 15) is 9.90 Å². The number of ketones is 1. The van der Waals surface area contributed by atoms with E-state index in [1.165, 1.54) is 0 Å². The molecule has 1 N–H and O–H groups in total. The molecule has 1 aliphatic rings. The molecule has 0 amide bonds. The number of rotatable bonds is 4. The second-order valence-electron chi connectivity index (χ2n) is 4.15. The Morgan fingerprint density at radius 3 is 2.57 bits per heavy atom. The molecule has 0 bridgehead atoms. The molecule has 0 atom stereocenters. The average molecular weight is 196 g/mol. The first-order valence-corrected chi connectivity index (χ1v) is 5.62. The van der Waals surface area contributed by atoms with Gasteiger partial charge in [-0.25, -0.2) is 0 Å². The zero-order valence-corrected chi connectivity index (χ0v) is 8.96. The molecule has 1 rings (SSSR count). The molecule has 0 radical (unpaired) electrons. The van der Waals surface area contributed by atoms with Gasteiger partial charge >= 0.3 is 0 Å². The smallest absolute Gasteiger partial charge is 0.186 e. The predicted octanol–water partition coefficient (Wildman–Crippen LogP) is 2.61. The summed E-state index contributed by atoms with van der Waals surface area (Å²) in [7, 11) is 0. The molecule has 0 heterocycles. The number of carbonyl (C=O) groups excluding carboxylic acids is 1. The molecule has 2 heteroatoms. The summed E-state index contributed by atoms with van der Waals surface area (Å²) < 4.78 is 0. The molecular weight excluding hydrogens is 176 g/mol. The van der Waals surface area contributed by atoms with Gasteiger partial charge in [-0.15, -0.1) is 0 Å². The van der Waals surface area contributed by atoms with E-state index in [0.717, 1.165) is 32.1 Å². The van der Waals surface area contributed by atoms with Gasteiger partial charge in [0.25, 0.3) is 0 Å². The lowest BCUT2D eigenvalue weighted by molar-refractivity contribution is -0.135. The van der Waals surface area contributed by atoms with E-state index in [2.05, 4.69) is 6.92 Å². The molecule has 2 nitrogen and oxygen atoms in total. The molecule has 0 saturated heterocycles. The van der Waals surface area contributed by atoms with Gasteiger partial charge in [0.15, 0.2) is 5.78 Å². The quantitative estimate of drug-likeness (QED) is 0.702. The standard InChI is InChI=1S/C12H20O2/c1-2-3-5-8-11(13)12(14)9-6-4-7-10-12/h5,8,14H,2-4,6-7,9-10H2,1H3. The molecule has 80 valence electrons. The van der Waals surface area contributed by atoms with Crippen molar-refractivity contribution in [1.29, 1.82) is 0 Å².